The fourth-order valence-corrected chi connectivity index (χ4v) is 1.67. The third-order valence-corrected chi connectivity index (χ3v) is 2.72. The lowest BCUT2D eigenvalue weighted by Gasteiger charge is -2.06. The van der Waals surface area contributed by atoms with Crippen LogP contribution in [-0.2, 0) is 0 Å². The van der Waals surface area contributed by atoms with E-state index in [9.17, 15) is 0 Å². The monoisotopic (exact) mass is 244 g/mol. The summed E-state index contributed by atoms with van der Waals surface area (Å²) in [5, 5.41) is 10.2. The van der Waals surface area contributed by atoms with E-state index in [1.807, 2.05) is 0 Å². The largest absolute Gasteiger partial charge is 0.330 e. The molecule has 0 aromatic rings. The molecule has 17 heavy (non-hydrogen) atoms. The first-order valence-corrected chi connectivity index (χ1v) is 7.24. The molecular weight excluding hydrogens is 212 g/mol. The van der Waals surface area contributed by atoms with Crippen LogP contribution in [-0.4, -0.2) is 45.8 Å². The average Bonchev–Trinajstić information content (AvgIpc) is 2.35. The van der Waals surface area contributed by atoms with Crippen LogP contribution < -0.4 is 21.7 Å². The topological polar surface area (TPSA) is 62.1 Å². The number of unbranched alkanes of at least 4 members (excludes halogenated alkanes) is 2. The lowest BCUT2D eigenvalue weighted by atomic mass is 10.2. The highest BCUT2D eigenvalue weighted by molar-refractivity contribution is 4.53. The van der Waals surface area contributed by atoms with Crippen molar-refractivity contribution in [3.8, 4) is 0 Å². The Morgan fingerprint density at radius 1 is 0.647 bits per heavy atom. The van der Waals surface area contributed by atoms with Crippen LogP contribution in [0.3, 0.4) is 0 Å². The second kappa shape index (κ2) is 15.8. The van der Waals surface area contributed by atoms with Crippen molar-refractivity contribution in [2.45, 2.75) is 39.0 Å². The van der Waals surface area contributed by atoms with Gasteiger partial charge in [0.15, 0.2) is 0 Å². The third kappa shape index (κ3) is 15.8. The first-order valence-electron chi connectivity index (χ1n) is 7.24. The number of nitrogens with one attached hydrogen (secondary N) is 3. The number of nitrogens with two attached hydrogens (primary N) is 1. The van der Waals surface area contributed by atoms with E-state index in [-0.39, 0.29) is 0 Å². The Morgan fingerprint density at radius 3 is 1.76 bits per heavy atom. The zero-order valence-corrected chi connectivity index (χ0v) is 11.6. The van der Waals surface area contributed by atoms with E-state index in [0.29, 0.717) is 0 Å². The third-order valence-electron chi connectivity index (χ3n) is 2.72. The van der Waals surface area contributed by atoms with E-state index in [0.717, 1.165) is 52.2 Å². The minimum Gasteiger partial charge on any atom is -0.330 e. The Morgan fingerprint density at radius 2 is 1.18 bits per heavy atom. The Balaban J connectivity index is 2.85. The molecule has 0 fully saturated rings. The average molecular weight is 244 g/mol. The molecule has 0 unspecified atom stereocenters. The summed E-state index contributed by atoms with van der Waals surface area (Å²) in [5.41, 5.74) is 5.42. The van der Waals surface area contributed by atoms with E-state index in [1.54, 1.807) is 0 Å². The maximum atomic E-state index is 5.42. The van der Waals surface area contributed by atoms with E-state index >= 15 is 0 Å². The van der Waals surface area contributed by atoms with Crippen molar-refractivity contribution in [3.05, 3.63) is 0 Å². The molecular formula is C13H32N4. The van der Waals surface area contributed by atoms with Gasteiger partial charge in [-0.1, -0.05) is 13.3 Å². The molecule has 0 saturated heterocycles. The lowest BCUT2D eigenvalue weighted by molar-refractivity contribution is 0.553. The summed E-state index contributed by atoms with van der Waals surface area (Å²) in [6.45, 7) is 9.67. The zero-order chi connectivity index (χ0) is 12.6. The quantitative estimate of drug-likeness (QED) is 0.340. The van der Waals surface area contributed by atoms with Gasteiger partial charge in [-0.25, -0.2) is 0 Å². The van der Waals surface area contributed by atoms with Crippen molar-refractivity contribution >= 4 is 0 Å². The van der Waals surface area contributed by atoms with E-state index in [4.69, 9.17) is 5.73 Å². The molecule has 0 rings (SSSR count). The SMILES string of the molecule is CCNCCCNCCCCCNCCCN. The molecule has 104 valence electrons. The van der Waals surface area contributed by atoms with Gasteiger partial charge in [0.2, 0.25) is 0 Å². The standard InChI is InChI=1S/C13H32N4/c1-2-15-12-7-13-17-10-5-3-4-9-16-11-6-8-14/h15-17H,2-14H2,1H3. The summed E-state index contributed by atoms with van der Waals surface area (Å²) in [5.74, 6) is 0. The molecule has 5 N–H and O–H groups in total. The minimum absolute atomic E-state index is 0.795. The van der Waals surface area contributed by atoms with Gasteiger partial charge in [-0.05, 0) is 71.5 Å². The molecule has 0 aliphatic heterocycles. The van der Waals surface area contributed by atoms with Crippen LogP contribution in [0, 0.1) is 0 Å². The van der Waals surface area contributed by atoms with Crippen molar-refractivity contribution in [1.82, 2.24) is 16.0 Å². The molecule has 0 aliphatic rings. The fraction of sp³-hybridized carbons (Fsp3) is 1.00. The van der Waals surface area contributed by atoms with Gasteiger partial charge in [-0.3, -0.25) is 0 Å². The summed E-state index contributed by atoms with van der Waals surface area (Å²) in [7, 11) is 0. The van der Waals surface area contributed by atoms with Crippen molar-refractivity contribution in [2.24, 2.45) is 5.73 Å². The summed E-state index contributed by atoms with van der Waals surface area (Å²) < 4.78 is 0. The van der Waals surface area contributed by atoms with Crippen LogP contribution >= 0.6 is 0 Å². The van der Waals surface area contributed by atoms with Gasteiger partial charge in [0.25, 0.3) is 0 Å². The van der Waals surface area contributed by atoms with Crippen LogP contribution in [0.2, 0.25) is 0 Å². The number of hydrogen-bond donors (Lipinski definition) is 4. The molecule has 0 bridgehead atoms. The first-order chi connectivity index (χ1) is 8.41. The Bertz CT molecular complexity index is 117. The lowest BCUT2D eigenvalue weighted by Crippen LogP contribution is -2.23. The summed E-state index contributed by atoms with van der Waals surface area (Å²) in [4.78, 5) is 0. The van der Waals surface area contributed by atoms with Gasteiger partial charge >= 0.3 is 0 Å². The smallest absolute Gasteiger partial charge is 0.00368 e. The number of hydrogen-bond acceptors (Lipinski definition) is 4. The van der Waals surface area contributed by atoms with Crippen LogP contribution in [0.1, 0.15) is 39.0 Å². The molecule has 0 heterocycles. The van der Waals surface area contributed by atoms with Gasteiger partial charge in [0.1, 0.15) is 0 Å². The molecule has 0 saturated carbocycles. The van der Waals surface area contributed by atoms with Crippen LogP contribution in [0.5, 0.6) is 0 Å². The highest BCUT2D eigenvalue weighted by atomic mass is 14.9. The highest BCUT2D eigenvalue weighted by Crippen LogP contribution is 1.92. The predicted molar refractivity (Wildman–Crippen MR) is 76.4 cm³/mol. The summed E-state index contributed by atoms with van der Waals surface area (Å²) in [6.07, 6.45) is 6.21. The van der Waals surface area contributed by atoms with Crippen LogP contribution in [0.4, 0.5) is 0 Å². The van der Waals surface area contributed by atoms with E-state index in [2.05, 4.69) is 22.9 Å². The Labute approximate surface area is 107 Å². The maximum absolute atomic E-state index is 5.42. The second-order valence-corrected chi connectivity index (χ2v) is 4.41. The van der Waals surface area contributed by atoms with Gasteiger partial charge in [0.05, 0.1) is 0 Å². The first kappa shape index (κ1) is 16.8. The van der Waals surface area contributed by atoms with Crippen molar-refractivity contribution < 1.29 is 0 Å². The van der Waals surface area contributed by atoms with Crippen molar-refractivity contribution in [3.63, 3.8) is 0 Å². The van der Waals surface area contributed by atoms with Crippen molar-refractivity contribution in [2.75, 3.05) is 45.8 Å². The second-order valence-electron chi connectivity index (χ2n) is 4.41. The molecule has 0 amide bonds. The Hall–Kier alpha value is -0.160. The summed E-state index contributed by atoms with van der Waals surface area (Å²) in [6, 6.07) is 0. The van der Waals surface area contributed by atoms with Gasteiger partial charge in [-0.2, -0.15) is 0 Å². The molecule has 4 heteroatoms. The van der Waals surface area contributed by atoms with Crippen molar-refractivity contribution in [1.29, 1.82) is 0 Å². The van der Waals surface area contributed by atoms with Gasteiger partial charge in [-0.15, -0.1) is 0 Å². The highest BCUT2D eigenvalue weighted by Gasteiger charge is 1.91. The van der Waals surface area contributed by atoms with E-state index < -0.39 is 0 Å². The summed E-state index contributed by atoms with van der Waals surface area (Å²) >= 11 is 0. The molecule has 0 atom stereocenters. The van der Waals surface area contributed by atoms with Gasteiger partial charge in [0, 0.05) is 0 Å². The predicted octanol–water partition coefficient (Wildman–Crippen LogP) is 0.684. The molecule has 0 aromatic carbocycles. The molecule has 0 aliphatic carbocycles. The zero-order valence-electron chi connectivity index (χ0n) is 11.6. The molecule has 4 nitrogen and oxygen atoms in total. The molecule has 0 spiro atoms. The fourth-order valence-electron chi connectivity index (χ4n) is 1.67. The minimum atomic E-state index is 0.795. The van der Waals surface area contributed by atoms with Crippen LogP contribution in [0.25, 0.3) is 0 Å². The van der Waals surface area contributed by atoms with E-state index in [1.165, 1.54) is 25.7 Å². The maximum Gasteiger partial charge on any atom is -0.00368 e. The molecule has 0 aromatic heterocycles. The molecule has 0 radical (unpaired) electrons. The van der Waals surface area contributed by atoms with Crippen LogP contribution in [0.15, 0.2) is 0 Å². The van der Waals surface area contributed by atoms with Gasteiger partial charge < -0.3 is 21.7 Å². The Kier molecular flexibility index (Phi) is 15.7. The number of rotatable bonds is 14. The normalized spacial score (nSPS) is 10.9.